The van der Waals surface area contributed by atoms with E-state index in [0.717, 1.165) is 11.8 Å². The summed E-state index contributed by atoms with van der Waals surface area (Å²) in [6.07, 6.45) is 1.14. The van der Waals surface area contributed by atoms with Crippen LogP contribution in [0.2, 0.25) is 0 Å². The Bertz CT molecular complexity index is 552. The molecule has 3 N–H and O–H groups in total. The Labute approximate surface area is 107 Å². The van der Waals surface area contributed by atoms with Crippen molar-refractivity contribution in [2.45, 2.75) is 19.9 Å². The van der Waals surface area contributed by atoms with E-state index >= 15 is 0 Å². The van der Waals surface area contributed by atoms with Gasteiger partial charge in [0.15, 0.2) is 0 Å². The number of rotatable bonds is 4. The molecule has 1 unspecified atom stereocenters. The maximum atomic E-state index is 12.0. The highest BCUT2D eigenvalue weighted by molar-refractivity contribution is 7.90. The van der Waals surface area contributed by atoms with Crippen molar-refractivity contribution in [2.75, 3.05) is 17.7 Å². The predicted octanol–water partition coefficient (Wildman–Crippen LogP) is 0.740. The maximum absolute atomic E-state index is 12.0. The Hall–Kier alpha value is -1.56. The fraction of sp³-hybridized carbons (Fsp3) is 0.417. The summed E-state index contributed by atoms with van der Waals surface area (Å²) < 4.78 is 22.2. The quantitative estimate of drug-likeness (QED) is 0.790. The van der Waals surface area contributed by atoms with E-state index in [-0.39, 0.29) is 11.7 Å². The second-order valence-corrected chi connectivity index (χ2v) is 6.73. The highest BCUT2D eigenvalue weighted by Gasteiger charge is 2.15. The van der Waals surface area contributed by atoms with Crippen LogP contribution >= 0.6 is 0 Å². The van der Waals surface area contributed by atoms with E-state index in [9.17, 15) is 13.2 Å². The number of hydrogen-bond donors (Lipinski definition) is 2. The van der Waals surface area contributed by atoms with Gasteiger partial charge in [0.05, 0.1) is 5.75 Å². The molecule has 0 aliphatic rings. The third kappa shape index (κ3) is 4.37. The molecule has 1 aromatic rings. The van der Waals surface area contributed by atoms with Crippen LogP contribution in [-0.2, 0) is 9.84 Å². The second kappa shape index (κ2) is 5.39. The Morgan fingerprint density at radius 3 is 2.61 bits per heavy atom. The van der Waals surface area contributed by atoms with E-state index in [1.807, 2.05) is 0 Å². The van der Waals surface area contributed by atoms with Gasteiger partial charge in [0.2, 0.25) is 0 Å². The number of benzene rings is 1. The highest BCUT2D eigenvalue weighted by Crippen LogP contribution is 2.12. The standard InChI is InChI=1S/C12H18N2O3S/c1-8-4-5-10(13)6-11(8)12(15)14-9(2)7-18(3,16)17/h4-6,9H,7,13H2,1-3H3,(H,14,15). The van der Waals surface area contributed by atoms with Crippen LogP contribution in [-0.4, -0.2) is 32.4 Å². The van der Waals surface area contributed by atoms with Crippen molar-refractivity contribution in [1.29, 1.82) is 0 Å². The second-order valence-electron chi connectivity index (χ2n) is 4.54. The van der Waals surface area contributed by atoms with Gasteiger partial charge < -0.3 is 11.1 Å². The summed E-state index contributed by atoms with van der Waals surface area (Å²) in [5.74, 6) is -0.393. The molecule has 0 spiro atoms. The minimum Gasteiger partial charge on any atom is -0.399 e. The first-order valence-electron chi connectivity index (χ1n) is 5.54. The van der Waals surface area contributed by atoms with Gasteiger partial charge in [-0.3, -0.25) is 4.79 Å². The van der Waals surface area contributed by atoms with Gasteiger partial charge in [-0.1, -0.05) is 6.07 Å². The lowest BCUT2D eigenvalue weighted by Crippen LogP contribution is -2.37. The van der Waals surface area contributed by atoms with Crippen molar-refractivity contribution in [3.63, 3.8) is 0 Å². The lowest BCUT2D eigenvalue weighted by atomic mass is 10.1. The summed E-state index contributed by atoms with van der Waals surface area (Å²) in [5, 5.41) is 2.65. The zero-order valence-electron chi connectivity index (χ0n) is 10.7. The van der Waals surface area contributed by atoms with E-state index in [4.69, 9.17) is 5.73 Å². The Morgan fingerprint density at radius 2 is 2.06 bits per heavy atom. The molecule has 100 valence electrons. The number of anilines is 1. The number of hydrogen-bond acceptors (Lipinski definition) is 4. The summed E-state index contributed by atoms with van der Waals surface area (Å²) in [6, 6.07) is 4.61. The molecular weight excluding hydrogens is 252 g/mol. The van der Waals surface area contributed by atoms with Crippen LogP contribution in [0, 0.1) is 6.92 Å². The van der Waals surface area contributed by atoms with Crippen molar-refractivity contribution in [1.82, 2.24) is 5.32 Å². The third-order valence-corrected chi connectivity index (χ3v) is 3.54. The first-order valence-corrected chi connectivity index (χ1v) is 7.60. The van der Waals surface area contributed by atoms with Crippen LogP contribution in [0.5, 0.6) is 0 Å². The van der Waals surface area contributed by atoms with Gasteiger partial charge in [-0.2, -0.15) is 0 Å². The number of nitrogens with two attached hydrogens (primary N) is 1. The molecule has 6 heteroatoms. The van der Waals surface area contributed by atoms with E-state index in [2.05, 4.69) is 5.32 Å². The van der Waals surface area contributed by atoms with Crippen LogP contribution in [0.3, 0.4) is 0 Å². The average Bonchev–Trinajstić information content (AvgIpc) is 2.18. The van der Waals surface area contributed by atoms with Crippen LogP contribution in [0.4, 0.5) is 5.69 Å². The molecule has 18 heavy (non-hydrogen) atoms. The molecular formula is C12H18N2O3S. The normalized spacial score (nSPS) is 13.1. The zero-order valence-corrected chi connectivity index (χ0v) is 11.5. The molecule has 1 atom stereocenters. The molecule has 0 bridgehead atoms. The first kappa shape index (κ1) is 14.5. The predicted molar refractivity (Wildman–Crippen MR) is 72.2 cm³/mol. The minimum atomic E-state index is -3.11. The molecule has 0 radical (unpaired) electrons. The number of nitrogens with one attached hydrogen (secondary N) is 1. The summed E-state index contributed by atoms with van der Waals surface area (Å²) in [4.78, 5) is 12.0. The fourth-order valence-electron chi connectivity index (χ4n) is 1.68. The molecule has 0 saturated heterocycles. The SMILES string of the molecule is Cc1ccc(N)cc1C(=O)NC(C)CS(C)(=O)=O. The molecule has 0 saturated carbocycles. The van der Waals surface area contributed by atoms with Gasteiger partial charge in [0.25, 0.3) is 5.91 Å². The van der Waals surface area contributed by atoms with Crippen LogP contribution < -0.4 is 11.1 Å². The van der Waals surface area contributed by atoms with E-state index in [1.54, 1.807) is 32.0 Å². The molecule has 1 amide bonds. The molecule has 1 rings (SSSR count). The van der Waals surface area contributed by atoms with Gasteiger partial charge in [-0.15, -0.1) is 0 Å². The Morgan fingerprint density at radius 1 is 1.44 bits per heavy atom. The van der Waals surface area contributed by atoms with Crippen LogP contribution in [0.25, 0.3) is 0 Å². The molecule has 0 fully saturated rings. The zero-order chi connectivity index (χ0) is 13.9. The molecule has 0 aliphatic heterocycles. The Balaban J connectivity index is 2.80. The van der Waals surface area contributed by atoms with Gasteiger partial charge in [-0.25, -0.2) is 8.42 Å². The summed E-state index contributed by atoms with van der Waals surface area (Å²) in [5.41, 5.74) is 7.39. The first-order chi connectivity index (χ1) is 8.19. The molecule has 0 aromatic heterocycles. The van der Waals surface area contributed by atoms with Crippen molar-refractivity contribution in [2.24, 2.45) is 0 Å². The lowest BCUT2D eigenvalue weighted by Gasteiger charge is -2.14. The number of carbonyl (C=O) groups is 1. The average molecular weight is 270 g/mol. The van der Waals surface area contributed by atoms with Crippen molar-refractivity contribution in [3.8, 4) is 0 Å². The van der Waals surface area contributed by atoms with Crippen molar-refractivity contribution >= 4 is 21.4 Å². The van der Waals surface area contributed by atoms with Crippen molar-refractivity contribution in [3.05, 3.63) is 29.3 Å². The molecule has 5 nitrogen and oxygen atoms in total. The van der Waals surface area contributed by atoms with Crippen LogP contribution in [0.15, 0.2) is 18.2 Å². The number of aryl methyl sites for hydroxylation is 1. The number of nitrogen functional groups attached to an aromatic ring is 1. The maximum Gasteiger partial charge on any atom is 0.251 e. The minimum absolute atomic E-state index is 0.0832. The van der Waals surface area contributed by atoms with Gasteiger partial charge >= 0.3 is 0 Å². The monoisotopic (exact) mass is 270 g/mol. The van der Waals surface area contributed by atoms with E-state index in [1.165, 1.54) is 0 Å². The number of sulfone groups is 1. The van der Waals surface area contributed by atoms with Gasteiger partial charge in [-0.05, 0) is 31.5 Å². The van der Waals surface area contributed by atoms with Crippen LogP contribution in [0.1, 0.15) is 22.8 Å². The smallest absolute Gasteiger partial charge is 0.251 e. The number of carbonyl (C=O) groups excluding carboxylic acids is 1. The Kier molecular flexibility index (Phi) is 4.34. The molecule has 0 heterocycles. The van der Waals surface area contributed by atoms with Crippen molar-refractivity contribution < 1.29 is 13.2 Å². The largest absolute Gasteiger partial charge is 0.399 e. The summed E-state index contributed by atoms with van der Waals surface area (Å²) in [7, 11) is -3.11. The van der Waals surface area contributed by atoms with E-state index < -0.39 is 15.9 Å². The number of amides is 1. The molecule has 0 aliphatic carbocycles. The molecule has 1 aromatic carbocycles. The lowest BCUT2D eigenvalue weighted by molar-refractivity contribution is 0.0943. The summed E-state index contributed by atoms with van der Waals surface area (Å²) in [6.45, 7) is 3.45. The van der Waals surface area contributed by atoms with Gasteiger partial charge in [0.1, 0.15) is 9.84 Å². The fourth-order valence-corrected chi connectivity index (χ4v) is 2.67. The topological polar surface area (TPSA) is 89.3 Å². The van der Waals surface area contributed by atoms with Gasteiger partial charge in [0, 0.05) is 23.5 Å². The van der Waals surface area contributed by atoms with E-state index in [0.29, 0.717) is 11.3 Å². The summed E-state index contributed by atoms with van der Waals surface area (Å²) >= 11 is 0. The highest BCUT2D eigenvalue weighted by atomic mass is 32.2. The third-order valence-electron chi connectivity index (χ3n) is 2.44.